The van der Waals surface area contributed by atoms with Crippen molar-refractivity contribution >= 4 is 23.7 Å². The molecule has 24 heavy (non-hydrogen) atoms. The predicted octanol–water partition coefficient (Wildman–Crippen LogP) is 2.71. The number of urea groups is 1. The van der Waals surface area contributed by atoms with Crippen LogP contribution in [0.5, 0.6) is 0 Å². The van der Waals surface area contributed by atoms with E-state index in [1.165, 1.54) is 11.1 Å². The van der Waals surface area contributed by atoms with Crippen LogP contribution in [0.2, 0.25) is 0 Å². The zero-order valence-electron chi connectivity index (χ0n) is 14.6. The summed E-state index contributed by atoms with van der Waals surface area (Å²) >= 11 is 1.64. The highest BCUT2D eigenvalue weighted by Gasteiger charge is 2.33. The first kappa shape index (κ1) is 18.6. The second-order valence-corrected chi connectivity index (χ2v) is 7.90. The van der Waals surface area contributed by atoms with Crippen LogP contribution >= 0.6 is 11.8 Å². The summed E-state index contributed by atoms with van der Waals surface area (Å²) in [5, 5.41) is 5.67. The highest BCUT2D eigenvalue weighted by Crippen LogP contribution is 2.41. The number of nitrogens with one attached hydrogen (secondary N) is 2. The molecular weight excluding hydrogens is 322 g/mol. The van der Waals surface area contributed by atoms with Crippen LogP contribution in [0.25, 0.3) is 0 Å². The smallest absolute Gasteiger partial charge is 0.312 e. The SMILES string of the molecule is CSCC[C@H](NC(N)=O)C(=O)N[C@H]1CCC(C)(C)c2ccccc21. The number of benzene rings is 1. The van der Waals surface area contributed by atoms with Crippen LogP contribution in [0.4, 0.5) is 4.79 Å². The molecule has 1 aliphatic rings. The minimum absolute atomic E-state index is 0.0202. The Bertz CT molecular complexity index is 604. The average molecular weight is 350 g/mol. The highest BCUT2D eigenvalue weighted by atomic mass is 32.2. The first-order valence-electron chi connectivity index (χ1n) is 8.30. The molecule has 0 aromatic heterocycles. The van der Waals surface area contributed by atoms with E-state index in [2.05, 4.69) is 36.6 Å². The number of nitrogens with two attached hydrogens (primary N) is 1. The van der Waals surface area contributed by atoms with Gasteiger partial charge in [0, 0.05) is 0 Å². The van der Waals surface area contributed by atoms with Crippen LogP contribution in [-0.2, 0) is 10.2 Å². The molecule has 1 aliphatic carbocycles. The minimum Gasteiger partial charge on any atom is -0.352 e. The molecule has 0 fully saturated rings. The van der Waals surface area contributed by atoms with Gasteiger partial charge in [0.2, 0.25) is 5.91 Å². The summed E-state index contributed by atoms with van der Waals surface area (Å²) in [6.07, 6.45) is 4.43. The van der Waals surface area contributed by atoms with Crippen molar-refractivity contribution in [2.45, 2.75) is 50.6 Å². The Morgan fingerprint density at radius 3 is 2.75 bits per heavy atom. The Balaban J connectivity index is 2.14. The number of carbonyl (C=O) groups is 2. The van der Waals surface area contributed by atoms with Crippen molar-refractivity contribution in [3.8, 4) is 0 Å². The maximum Gasteiger partial charge on any atom is 0.312 e. The Kier molecular flexibility index (Phi) is 6.15. The number of rotatable bonds is 6. The quantitative estimate of drug-likeness (QED) is 0.738. The van der Waals surface area contributed by atoms with Gasteiger partial charge in [0.15, 0.2) is 0 Å². The van der Waals surface area contributed by atoms with Gasteiger partial charge in [-0.25, -0.2) is 4.79 Å². The summed E-state index contributed by atoms with van der Waals surface area (Å²) in [7, 11) is 0. The van der Waals surface area contributed by atoms with Crippen LogP contribution in [0.15, 0.2) is 24.3 Å². The van der Waals surface area contributed by atoms with Crippen LogP contribution in [0, 0.1) is 0 Å². The molecule has 0 spiro atoms. The molecular formula is C18H27N3O2S. The number of fused-ring (bicyclic) bond motifs is 1. The normalized spacial score (nSPS) is 19.9. The summed E-state index contributed by atoms with van der Waals surface area (Å²) in [6.45, 7) is 4.47. The van der Waals surface area contributed by atoms with Gasteiger partial charge in [0.1, 0.15) is 6.04 Å². The Labute approximate surface area is 148 Å². The van der Waals surface area contributed by atoms with Gasteiger partial charge in [-0.3, -0.25) is 4.79 Å². The lowest BCUT2D eigenvalue weighted by Crippen LogP contribution is -2.50. The topological polar surface area (TPSA) is 84.2 Å². The number of primary amides is 1. The van der Waals surface area contributed by atoms with Crippen molar-refractivity contribution in [1.29, 1.82) is 0 Å². The molecule has 0 saturated heterocycles. The molecule has 0 aliphatic heterocycles. The summed E-state index contributed by atoms with van der Waals surface area (Å²) in [5.41, 5.74) is 7.78. The lowest BCUT2D eigenvalue weighted by Gasteiger charge is -2.37. The van der Waals surface area contributed by atoms with Crippen molar-refractivity contribution in [2.24, 2.45) is 5.73 Å². The summed E-state index contributed by atoms with van der Waals surface area (Å²) in [6, 6.07) is 7.00. The van der Waals surface area contributed by atoms with Gasteiger partial charge in [-0.1, -0.05) is 38.1 Å². The third kappa shape index (κ3) is 4.44. The van der Waals surface area contributed by atoms with Crippen molar-refractivity contribution in [3.63, 3.8) is 0 Å². The van der Waals surface area contributed by atoms with E-state index < -0.39 is 12.1 Å². The van der Waals surface area contributed by atoms with Crippen LogP contribution in [0.3, 0.4) is 0 Å². The minimum atomic E-state index is -0.665. The Morgan fingerprint density at radius 1 is 1.38 bits per heavy atom. The van der Waals surface area contributed by atoms with E-state index in [1.807, 2.05) is 18.4 Å². The van der Waals surface area contributed by atoms with Gasteiger partial charge in [0.25, 0.3) is 0 Å². The fraction of sp³-hybridized carbons (Fsp3) is 0.556. The first-order chi connectivity index (χ1) is 11.3. The van der Waals surface area contributed by atoms with Crippen LogP contribution in [-0.4, -0.2) is 30.0 Å². The maximum absolute atomic E-state index is 12.6. The van der Waals surface area contributed by atoms with Gasteiger partial charge in [-0.2, -0.15) is 11.8 Å². The summed E-state index contributed by atoms with van der Waals surface area (Å²) < 4.78 is 0. The lowest BCUT2D eigenvalue weighted by molar-refractivity contribution is -0.123. The monoisotopic (exact) mass is 349 g/mol. The van der Waals surface area contributed by atoms with Crippen molar-refractivity contribution in [1.82, 2.24) is 10.6 Å². The van der Waals surface area contributed by atoms with E-state index in [0.29, 0.717) is 6.42 Å². The van der Waals surface area contributed by atoms with Crippen molar-refractivity contribution < 1.29 is 9.59 Å². The number of thioether (sulfide) groups is 1. The summed E-state index contributed by atoms with van der Waals surface area (Å²) in [4.78, 5) is 23.8. The molecule has 4 N–H and O–H groups in total. The van der Waals surface area contributed by atoms with Gasteiger partial charge in [-0.15, -0.1) is 0 Å². The standard InChI is InChI=1S/C18H27N3O2S/c1-18(2)10-8-14(12-6-4-5-7-13(12)18)20-16(22)15(9-11-24-3)21-17(19)23/h4-7,14-15H,8-11H2,1-3H3,(H,20,22)(H3,19,21,23)/t14-,15-/m0/s1. The van der Waals surface area contributed by atoms with Crippen LogP contribution < -0.4 is 16.4 Å². The Hall–Kier alpha value is -1.69. The summed E-state index contributed by atoms with van der Waals surface area (Å²) in [5.74, 6) is 0.620. The van der Waals surface area contributed by atoms with E-state index in [0.717, 1.165) is 18.6 Å². The third-order valence-electron chi connectivity index (χ3n) is 4.68. The van der Waals surface area contributed by atoms with Gasteiger partial charge >= 0.3 is 6.03 Å². The van der Waals surface area contributed by atoms with Gasteiger partial charge < -0.3 is 16.4 Å². The molecule has 132 valence electrons. The molecule has 0 bridgehead atoms. The molecule has 0 unspecified atom stereocenters. The molecule has 0 radical (unpaired) electrons. The maximum atomic E-state index is 12.6. The van der Waals surface area contributed by atoms with Crippen molar-refractivity contribution in [3.05, 3.63) is 35.4 Å². The molecule has 2 rings (SSSR count). The Morgan fingerprint density at radius 2 is 2.08 bits per heavy atom. The molecule has 1 aromatic carbocycles. The molecule has 0 heterocycles. The third-order valence-corrected chi connectivity index (χ3v) is 5.33. The second-order valence-electron chi connectivity index (χ2n) is 6.91. The first-order valence-corrected chi connectivity index (χ1v) is 9.69. The molecule has 0 saturated carbocycles. The predicted molar refractivity (Wildman–Crippen MR) is 99.1 cm³/mol. The highest BCUT2D eigenvalue weighted by molar-refractivity contribution is 7.98. The molecule has 6 heteroatoms. The van der Waals surface area contributed by atoms with Gasteiger partial charge in [-0.05, 0) is 47.8 Å². The molecule has 2 atom stereocenters. The molecule has 3 amide bonds. The zero-order chi connectivity index (χ0) is 17.7. The number of hydrogen-bond donors (Lipinski definition) is 3. The average Bonchev–Trinajstić information content (AvgIpc) is 2.54. The van der Waals surface area contributed by atoms with E-state index in [1.54, 1.807) is 11.8 Å². The fourth-order valence-corrected chi connectivity index (χ4v) is 3.78. The number of carbonyl (C=O) groups excluding carboxylic acids is 2. The van der Waals surface area contributed by atoms with E-state index in [-0.39, 0.29) is 17.4 Å². The second kappa shape index (κ2) is 7.92. The number of amides is 3. The fourth-order valence-electron chi connectivity index (χ4n) is 3.31. The van der Waals surface area contributed by atoms with E-state index in [9.17, 15) is 9.59 Å². The van der Waals surface area contributed by atoms with E-state index in [4.69, 9.17) is 5.73 Å². The molecule has 1 aromatic rings. The lowest BCUT2D eigenvalue weighted by atomic mass is 9.71. The van der Waals surface area contributed by atoms with Crippen molar-refractivity contribution in [2.75, 3.05) is 12.0 Å². The zero-order valence-corrected chi connectivity index (χ0v) is 15.4. The van der Waals surface area contributed by atoms with E-state index >= 15 is 0 Å². The largest absolute Gasteiger partial charge is 0.352 e. The van der Waals surface area contributed by atoms with Gasteiger partial charge in [0.05, 0.1) is 6.04 Å². The molecule has 5 nitrogen and oxygen atoms in total. The van der Waals surface area contributed by atoms with Crippen LogP contribution in [0.1, 0.15) is 50.3 Å². The number of hydrogen-bond acceptors (Lipinski definition) is 3.